The molecule has 2 rings (SSSR count). The highest BCUT2D eigenvalue weighted by Crippen LogP contribution is 2.36. The third kappa shape index (κ3) is 1.41. The quantitative estimate of drug-likeness (QED) is 0.663. The largest absolute Gasteiger partial charge is 0.264 e. The van der Waals surface area contributed by atoms with Crippen molar-refractivity contribution >= 4 is 33.0 Å². The Hall–Kier alpha value is -0.670. The van der Waals surface area contributed by atoms with E-state index in [-0.39, 0.29) is 5.56 Å². The van der Waals surface area contributed by atoms with E-state index in [1.54, 1.807) is 6.92 Å². The number of hydrogen-bond acceptors (Lipinski definition) is 1. The molecule has 0 saturated carbocycles. The van der Waals surface area contributed by atoms with Gasteiger partial charge in [0.2, 0.25) is 0 Å². The monoisotopic (exact) mass is 232 g/mol. The summed E-state index contributed by atoms with van der Waals surface area (Å²) in [5.41, 5.74) is 0.512. The lowest BCUT2D eigenvalue weighted by atomic mass is 10.1. The summed E-state index contributed by atoms with van der Waals surface area (Å²) in [5, 5.41) is 3.16. The molecular formula is C10H7ClF2S. The number of halogens is 3. The molecule has 14 heavy (non-hydrogen) atoms. The van der Waals surface area contributed by atoms with Crippen molar-refractivity contribution in [3.8, 4) is 0 Å². The van der Waals surface area contributed by atoms with Crippen molar-refractivity contribution in [2.24, 2.45) is 0 Å². The first-order chi connectivity index (χ1) is 6.61. The van der Waals surface area contributed by atoms with Crippen LogP contribution in [-0.2, 0) is 0 Å². The van der Waals surface area contributed by atoms with Gasteiger partial charge in [-0.25, -0.2) is 8.78 Å². The van der Waals surface area contributed by atoms with Crippen molar-refractivity contribution in [2.45, 2.75) is 13.3 Å². The summed E-state index contributed by atoms with van der Waals surface area (Å²) in [5.74, 6) is 0. The van der Waals surface area contributed by atoms with Crippen LogP contribution in [0.3, 0.4) is 0 Å². The lowest BCUT2D eigenvalue weighted by molar-refractivity contribution is 0.151. The van der Waals surface area contributed by atoms with Gasteiger partial charge in [-0.15, -0.1) is 11.3 Å². The second kappa shape index (κ2) is 3.48. The Morgan fingerprint density at radius 3 is 2.79 bits per heavy atom. The number of thiophene rings is 1. The van der Waals surface area contributed by atoms with Crippen LogP contribution in [0.2, 0.25) is 5.02 Å². The first-order valence-corrected chi connectivity index (χ1v) is 5.31. The van der Waals surface area contributed by atoms with E-state index in [0.29, 0.717) is 10.6 Å². The normalized spacial score (nSPS) is 11.5. The molecular weight excluding hydrogens is 226 g/mol. The van der Waals surface area contributed by atoms with Gasteiger partial charge >= 0.3 is 0 Å². The van der Waals surface area contributed by atoms with Gasteiger partial charge in [-0.3, -0.25) is 0 Å². The van der Waals surface area contributed by atoms with E-state index in [1.807, 2.05) is 11.4 Å². The zero-order chi connectivity index (χ0) is 10.3. The van der Waals surface area contributed by atoms with Gasteiger partial charge in [0.05, 0.1) is 5.02 Å². The molecule has 4 heteroatoms. The Balaban J connectivity index is 2.80. The van der Waals surface area contributed by atoms with E-state index < -0.39 is 6.43 Å². The molecule has 0 amide bonds. The predicted molar refractivity (Wildman–Crippen MR) is 56.5 cm³/mol. The molecule has 0 aliphatic carbocycles. The molecule has 0 atom stereocenters. The van der Waals surface area contributed by atoms with E-state index in [4.69, 9.17) is 11.6 Å². The van der Waals surface area contributed by atoms with Gasteiger partial charge in [-0.05, 0) is 30.0 Å². The second-order valence-electron chi connectivity index (χ2n) is 3.04. The fourth-order valence-electron chi connectivity index (χ4n) is 1.42. The topological polar surface area (TPSA) is 0 Å². The third-order valence-electron chi connectivity index (χ3n) is 2.22. The fourth-order valence-corrected chi connectivity index (χ4v) is 2.59. The first kappa shape index (κ1) is 9.87. The van der Waals surface area contributed by atoms with Gasteiger partial charge in [0.1, 0.15) is 0 Å². The molecule has 0 radical (unpaired) electrons. The molecule has 74 valence electrons. The minimum Gasteiger partial charge on any atom is -0.205 e. The number of hydrogen-bond donors (Lipinski definition) is 0. The van der Waals surface area contributed by atoms with Crippen LogP contribution in [0.5, 0.6) is 0 Å². The summed E-state index contributed by atoms with van der Waals surface area (Å²) < 4.78 is 26.0. The van der Waals surface area contributed by atoms with Gasteiger partial charge in [-0.2, -0.15) is 0 Å². The highest BCUT2D eigenvalue weighted by atomic mass is 35.5. The van der Waals surface area contributed by atoms with Crippen LogP contribution >= 0.6 is 22.9 Å². The van der Waals surface area contributed by atoms with Crippen LogP contribution < -0.4 is 0 Å². The van der Waals surface area contributed by atoms with Crippen molar-refractivity contribution < 1.29 is 8.78 Å². The van der Waals surface area contributed by atoms with Crippen molar-refractivity contribution in [3.05, 3.63) is 33.7 Å². The molecule has 0 bridgehead atoms. The highest BCUT2D eigenvalue weighted by molar-refractivity contribution is 7.17. The Morgan fingerprint density at radius 1 is 1.43 bits per heavy atom. The zero-order valence-electron chi connectivity index (χ0n) is 7.35. The van der Waals surface area contributed by atoms with Crippen LogP contribution in [0.1, 0.15) is 17.6 Å². The maximum absolute atomic E-state index is 12.6. The molecule has 0 unspecified atom stereocenters. The predicted octanol–water partition coefficient (Wildman–Crippen LogP) is 4.80. The lowest BCUT2D eigenvalue weighted by Gasteiger charge is -2.07. The third-order valence-corrected chi connectivity index (χ3v) is 3.57. The van der Waals surface area contributed by atoms with Gasteiger partial charge in [0.15, 0.2) is 0 Å². The molecule has 0 spiro atoms. The van der Waals surface area contributed by atoms with E-state index >= 15 is 0 Å². The standard InChI is InChI=1S/C10H7ClF2S/c1-5-7(10(12)13)4-8-6(9(5)11)2-3-14-8/h2-4,10H,1H3. The van der Waals surface area contributed by atoms with E-state index in [9.17, 15) is 8.78 Å². The Labute approximate surface area is 89.1 Å². The smallest absolute Gasteiger partial charge is 0.205 e. The Bertz CT molecular complexity index is 476. The molecule has 0 saturated heterocycles. The summed E-state index contributed by atoms with van der Waals surface area (Å²) in [6.45, 7) is 1.63. The molecule has 0 fully saturated rings. The molecule has 0 N–H and O–H groups in total. The van der Waals surface area contributed by atoms with Crippen molar-refractivity contribution in [2.75, 3.05) is 0 Å². The fraction of sp³-hybridized carbons (Fsp3) is 0.200. The summed E-state index contributed by atoms with van der Waals surface area (Å²) in [7, 11) is 0. The molecule has 1 aromatic carbocycles. The average molecular weight is 233 g/mol. The zero-order valence-corrected chi connectivity index (χ0v) is 8.92. The van der Waals surface area contributed by atoms with E-state index in [1.165, 1.54) is 17.4 Å². The van der Waals surface area contributed by atoms with Crippen molar-refractivity contribution in [1.29, 1.82) is 0 Å². The molecule has 2 aromatic rings. The molecule has 0 aliphatic rings. The molecule has 1 heterocycles. The van der Waals surface area contributed by atoms with Gasteiger partial charge in [0.25, 0.3) is 6.43 Å². The minimum atomic E-state index is -2.46. The number of fused-ring (bicyclic) bond motifs is 1. The molecule has 1 aromatic heterocycles. The van der Waals surface area contributed by atoms with Gasteiger partial charge in [0, 0.05) is 15.6 Å². The Kier molecular flexibility index (Phi) is 2.45. The summed E-state index contributed by atoms with van der Waals surface area (Å²) in [6, 6.07) is 3.37. The minimum absolute atomic E-state index is 0.0324. The first-order valence-electron chi connectivity index (χ1n) is 4.05. The summed E-state index contributed by atoms with van der Waals surface area (Å²) >= 11 is 7.41. The molecule has 0 nitrogen and oxygen atoms in total. The number of rotatable bonds is 1. The maximum Gasteiger partial charge on any atom is 0.264 e. The lowest BCUT2D eigenvalue weighted by Crippen LogP contribution is -1.90. The van der Waals surface area contributed by atoms with E-state index in [2.05, 4.69) is 0 Å². The average Bonchev–Trinajstić information content (AvgIpc) is 2.58. The van der Waals surface area contributed by atoms with Crippen LogP contribution in [-0.4, -0.2) is 0 Å². The second-order valence-corrected chi connectivity index (χ2v) is 4.36. The van der Waals surface area contributed by atoms with Crippen molar-refractivity contribution in [3.63, 3.8) is 0 Å². The molecule has 0 aliphatic heterocycles. The van der Waals surface area contributed by atoms with Crippen molar-refractivity contribution in [1.82, 2.24) is 0 Å². The van der Waals surface area contributed by atoms with Crippen LogP contribution in [0.25, 0.3) is 10.1 Å². The van der Waals surface area contributed by atoms with Gasteiger partial charge in [-0.1, -0.05) is 11.6 Å². The van der Waals surface area contributed by atoms with Crippen LogP contribution in [0, 0.1) is 6.92 Å². The maximum atomic E-state index is 12.6. The Morgan fingerprint density at radius 2 is 2.14 bits per heavy atom. The van der Waals surface area contributed by atoms with Crippen LogP contribution in [0.15, 0.2) is 17.5 Å². The van der Waals surface area contributed by atoms with Crippen LogP contribution in [0.4, 0.5) is 8.78 Å². The highest BCUT2D eigenvalue weighted by Gasteiger charge is 2.15. The van der Waals surface area contributed by atoms with Gasteiger partial charge < -0.3 is 0 Å². The number of benzene rings is 1. The SMILES string of the molecule is Cc1c(C(F)F)cc2sccc2c1Cl. The summed E-state index contributed by atoms with van der Waals surface area (Å²) in [4.78, 5) is 0. The number of alkyl halides is 2. The van der Waals surface area contributed by atoms with E-state index in [0.717, 1.165) is 10.1 Å². The summed E-state index contributed by atoms with van der Waals surface area (Å²) in [6.07, 6.45) is -2.46.